The van der Waals surface area contributed by atoms with Crippen LogP contribution < -0.4 is 5.32 Å². The molecule has 0 saturated heterocycles. The zero-order chi connectivity index (χ0) is 20.1. The van der Waals surface area contributed by atoms with Crippen molar-refractivity contribution in [1.29, 1.82) is 0 Å². The summed E-state index contributed by atoms with van der Waals surface area (Å²) in [5.74, 6) is -3.01. The number of aromatic nitrogens is 1. The number of benzene rings is 1. The third-order valence-electron chi connectivity index (χ3n) is 3.82. The molecule has 1 N–H and O–H groups in total. The summed E-state index contributed by atoms with van der Waals surface area (Å²) in [6.07, 6.45) is 1.72. The van der Waals surface area contributed by atoms with E-state index in [2.05, 4.69) is 21.2 Å². The summed E-state index contributed by atoms with van der Waals surface area (Å²) in [7, 11) is 0. The minimum Gasteiger partial charge on any atom is -0.331 e. The molecule has 0 aliphatic carbocycles. The second-order valence-electron chi connectivity index (χ2n) is 5.81. The van der Waals surface area contributed by atoms with Crippen LogP contribution in [0.3, 0.4) is 0 Å². The Kier molecular flexibility index (Phi) is 6.62. The topological polar surface area (TPSA) is 88.5 Å². The molecule has 1 atom stereocenters. The van der Waals surface area contributed by atoms with Crippen molar-refractivity contribution >= 4 is 40.1 Å². The molecule has 142 valence electrons. The van der Waals surface area contributed by atoms with Crippen LogP contribution in [0.2, 0.25) is 0 Å². The van der Waals surface area contributed by atoms with E-state index in [-0.39, 0.29) is 18.5 Å². The molecule has 0 fully saturated rings. The number of hydrogen-bond donors (Lipinski definition) is 1. The van der Waals surface area contributed by atoms with Crippen LogP contribution in [-0.2, 0) is 25.7 Å². The lowest BCUT2D eigenvalue weighted by Crippen LogP contribution is -2.45. The maximum atomic E-state index is 14.1. The van der Waals surface area contributed by atoms with Crippen LogP contribution in [0.25, 0.3) is 0 Å². The van der Waals surface area contributed by atoms with Crippen LogP contribution in [0.5, 0.6) is 0 Å². The predicted molar refractivity (Wildman–Crippen MR) is 97.7 cm³/mol. The number of amides is 4. The first-order chi connectivity index (χ1) is 12.7. The van der Waals surface area contributed by atoms with Crippen molar-refractivity contribution in [1.82, 2.24) is 14.8 Å². The van der Waals surface area contributed by atoms with E-state index in [4.69, 9.17) is 0 Å². The van der Waals surface area contributed by atoms with Crippen molar-refractivity contribution in [2.24, 2.45) is 0 Å². The third kappa shape index (κ3) is 4.88. The van der Waals surface area contributed by atoms with Gasteiger partial charge in [-0.2, -0.15) is 0 Å². The summed E-state index contributed by atoms with van der Waals surface area (Å²) in [6.45, 7) is 2.45. The number of nitrogens with one attached hydrogen (secondary N) is 1. The number of carbonyl (C=O) groups excluding carboxylic acids is 4. The van der Waals surface area contributed by atoms with Gasteiger partial charge in [-0.1, -0.05) is 22.0 Å². The molecule has 27 heavy (non-hydrogen) atoms. The van der Waals surface area contributed by atoms with E-state index in [1.807, 2.05) is 0 Å². The zero-order valence-corrected chi connectivity index (χ0v) is 16.2. The Hall–Kier alpha value is -2.81. The highest BCUT2D eigenvalue weighted by Gasteiger charge is 2.33. The Morgan fingerprint density at radius 1 is 1.33 bits per heavy atom. The minimum atomic E-state index is -1.48. The van der Waals surface area contributed by atoms with Crippen molar-refractivity contribution in [3.63, 3.8) is 0 Å². The van der Waals surface area contributed by atoms with Gasteiger partial charge >= 0.3 is 0 Å². The van der Waals surface area contributed by atoms with Crippen LogP contribution in [0, 0.1) is 12.7 Å². The summed E-state index contributed by atoms with van der Waals surface area (Å²) >= 11 is 3.13. The van der Waals surface area contributed by atoms with Crippen LogP contribution in [0.1, 0.15) is 24.2 Å². The van der Waals surface area contributed by atoms with E-state index in [0.717, 1.165) is 6.92 Å². The Morgan fingerprint density at radius 2 is 2.04 bits per heavy atom. The molecule has 4 amide bonds. The SMILES string of the molecule is CC(=O)NC(=O)C(C(=O)N(C=O)Cc1ccc(Br)cc1F)n1cccc1C. The number of imide groups is 2. The van der Waals surface area contributed by atoms with E-state index in [1.165, 1.54) is 22.9 Å². The van der Waals surface area contributed by atoms with E-state index >= 15 is 0 Å². The summed E-state index contributed by atoms with van der Waals surface area (Å²) in [6, 6.07) is 6.01. The minimum absolute atomic E-state index is 0.105. The molecule has 0 spiro atoms. The first-order valence-corrected chi connectivity index (χ1v) is 8.68. The summed E-state index contributed by atoms with van der Waals surface area (Å²) < 4.78 is 15.9. The van der Waals surface area contributed by atoms with Gasteiger partial charge in [-0.25, -0.2) is 4.39 Å². The fourth-order valence-electron chi connectivity index (χ4n) is 2.53. The van der Waals surface area contributed by atoms with Gasteiger partial charge in [-0.3, -0.25) is 29.4 Å². The lowest BCUT2D eigenvalue weighted by atomic mass is 10.1. The molecule has 1 aromatic heterocycles. The quantitative estimate of drug-likeness (QED) is 0.553. The average molecular weight is 438 g/mol. The summed E-state index contributed by atoms with van der Waals surface area (Å²) in [4.78, 5) is 48.8. The van der Waals surface area contributed by atoms with Crippen LogP contribution in [0.15, 0.2) is 41.0 Å². The number of hydrogen-bond acceptors (Lipinski definition) is 4. The Bertz CT molecular complexity index is 896. The number of nitrogens with zero attached hydrogens (tertiary/aromatic N) is 2. The molecule has 7 nitrogen and oxygen atoms in total. The number of rotatable bonds is 6. The molecule has 9 heteroatoms. The maximum Gasteiger partial charge on any atom is 0.262 e. The highest BCUT2D eigenvalue weighted by atomic mass is 79.9. The molecular weight excluding hydrogens is 421 g/mol. The van der Waals surface area contributed by atoms with Gasteiger partial charge in [-0.05, 0) is 31.2 Å². The van der Waals surface area contributed by atoms with Gasteiger partial charge in [-0.15, -0.1) is 0 Å². The average Bonchev–Trinajstić information content (AvgIpc) is 2.99. The van der Waals surface area contributed by atoms with E-state index in [9.17, 15) is 23.6 Å². The van der Waals surface area contributed by atoms with Crippen molar-refractivity contribution in [3.05, 3.63) is 58.1 Å². The van der Waals surface area contributed by atoms with E-state index < -0.39 is 29.6 Å². The van der Waals surface area contributed by atoms with Crippen molar-refractivity contribution < 1.29 is 23.6 Å². The molecule has 0 aliphatic heterocycles. The Labute approximate surface area is 163 Å². The number of carbonyl (C=O) groups is 4. The lowest BCUT2D eigenvalue weighted by molar-refractivity contribution is -0.145. The molecule has 2 rings (SSSR count). The second-order valence-corrected chi connectivity index (χ2v) is 6.73. The molecule has 0 aliphatic rings. The standard InChI is InChI=1S/C18H17BrFN3O4/c1-11-4-3-7-23(11)16(17(26)21-12(2)25)18(27)22(10-24)9-13-5-6-14(19)8-15(13)20/h3-8,10,16H,9H2,1-2H3,(H,21,25,26). The fraction of sp³-hybridized carbons (Fsp3) is 0.222. The number of aryl methyl sites for hydroxylation is 1. The monoisotopic (exact) mass is 437 g/mol. The van der Waals surface area contributed by atoms with Gasteiger partial charge in [0.2, 0.25) is 12.3 Å². The van der Waals surface area contributed by atoms with Gasteiger partial charge < -0.3 is 4.57 Å². The zero-order valence-electron chi connectivity index (χ0n) is 14.6. The van der Waals surface area contributed by atoms with E-state index in [0.29, 0.717) is 15.1 Å². The third-order valence-corrected chi connectivity index (χ3v) is 4.31. The summed E-state index contributed by atoms with van der Waals surface area (Å²) in [5, 5.41) is 2.06. The van der Waals surface area contributed by atoms with Crippen molar-refractivity contribution in [2.75, 3.05) is 0 Å². The molecule has 1 unspecified atom stereocenters. The van der Waals surface area contributed by atoms with Crippen LogP contribution in [-0.4, -0.2) is 33.6 Å². The Balaban J connectivity index is 2.36. The highest BCUT2D eigenvalue weighted by molar-refractivity contribution is 9.10. The Morgan fingerprint density at radius 3 is 2.56 bits per heavy atom. The largest absolute Gasteiger partial charge is 0.331 e. The first kappa shape index (κ1) is 20.5. The predicted octanol–water partition coefficient (Wildman–Crippen LogP) is 2.09. The van der Waals surface area contributed by atoms with Gasteiger partial charge in [0, 0.05) is 28.9 Å². The second kappa shape index (κ2) is 8.72. The van der Waals surface area contributed by atoms with Crippen molar-refractivity contribution in [3.8, 4) is 0 Å². The molecule has 1 aromatic carbocycles. The van der Waals surface area contributed by atoms with Gasteiger partial charge in [0.25, 0.3) is 11.8 Å². The molecule has 0 saturated carbocycles. The molecular formula is C18H17BrFN3O4. The normalized spacial score (nSPS) is 11.6. The van der Waals surface area contributed by atoms with Gasteiger partial charge in [0.15, 0.2) is 6.04 Å². The molecule has 2 aromatic rings. The smallest absolute Gasteiger partial charge is 0.262 e. The highest BCUT2D eigenvalue weighted by Crippen LogP contribution is 2.20. The molecule has 0 bridgehead atoms. The lowest BCUT2D eigenvalue weighted by Gasteiger charge is -2.24. The first-order valence-electron chi connectivity index (χ1n) is 7.89. The van der Waals surface area contributed by atoms with Gasteiger partial charge in [0.05, 0.1) is 6.54 Å². The number of halogens is 2. The summed E-state index contributed by atoms with van der Waals surface area (Å²) in [5.41, 5.74) is 0.682. The van der Waals surface area contributed by atoms with Gasteiger partial charge in [0.1, 0.15) is 5.82 Å². The maximum absolute atomic E-state index is 14.1. The molecule has 1 heterocycles. The fourth-order valence-corrected chi connectivity index (χ4v) is 2.86. The van der Waals surface area contributed by atoms with Crippen molar-refractivity contribution in [2.45, 2.75) is 26.4 Å². The van der Waals surface area contributed by atoms with Crippen LogP contribution in [0.4, 0.5) is 4.39 Å². The van der Waals surface area contributed by atoms with E-state index in [1.54, 1.807) is 25.1 Å². The molecule has 0 radical (unpaired) electrons. The van der Waals surface area contributed by atoms with Crippen LogP contribution >= 0.6 is 15.9 Å².